The molecule has 1 aromatic heterocycles. The minimum atomic E-state index is -0.889. The third-order valence-electron chi connectivity index (χ3n) is 3.78. The Balaban J connectivity index is 1.62. The van der Waals surface area contributed by atoms with E-state index >= 15 is 0 Å². The standard InChI is InChI=1S/C16H18F2N4O/c1-2-19-22-7-5-21(6-8-22)11-13-10-16(20-23-13)12-3-4-14(17)15(18)9-12/h2-4,9-10H,5-8,11H2,1H3/b19-2+. The van der Waals surface area contributed by atoms with Crippen molar-refractivity contribution in [1.82, 2.24) is 15.1 Å². The first kappa shape index (κ1) is 15.6. The smallest absolute Gasteiger partial charge is 0.159 e. The zero-order valence-electron chi connectivity index (χ0n) is 12.9. The van der Waals surface area contributed by atoms with Crippen molar-refractivity contribution in [3.05, 3.63) is 41.7 Å². The van der Waals surface area contributed by atoms with Gasteiger partial charge in [0.05, 0.1) is 6.54 Å². The van der Waals surface area contributed by atoms with E-state index in [9.17, 15) is 8.78 Å². The molecule has 1 aliphatic heterocycles. The van der Waals surface area contributed by atoms with Crippen molar-refractivity contribution in [2.24, 2.45) is 5.10 Å². The Hall–Kier alpha value is -2.28. The van der Waals surface area contributed by atoms with E-state index in [1.54, 1.807) is 12.3 Å². The summed E-state index contributed by atoms with van der Waals surface area (Å²) in [5.41, 5.74) is 1.01. The van der Waals surface area contributed by atoms with Gasteiger partial charge in [-0.15, -0.1) is 0 Å². The van der Waals surface area contributed by atoms with E-state index in [4.69, 9.17) is 4.52 Å². The molecule has 0 bridgehead atoms. The third kappa shape index (κ3) is 3.73. The molecule has 1 aromatic carbocycles. The zero-order chi connectivity index (χ0) is 16.2. The van der Waals surface area contributed by atoms with Crippen molar-refractivity contribution in [3.63, 3.8) is 0 Å². The Labute approximate surface area is 133 Å². The average molecular weight is 320 g/mol. The van der Waals surface area contributed by atoms with Crippen LogP contribution in [-0.2, 0) is 6.54 Å². The fourth-order valence-electron chi connectivity index (χ4n) is 2.57. The number of hydrogen-bond donors (Lipinski definition) is 0. The van der Waals surface area contributed by atoms with Crippen LogP contribution in [-0.4, -0.2) is 47.5 Å². The van der Waals surface area contributed by atoms with Crippen LogP contribution in [0, 0.1) is 11.6 Å². The van der Waals surface area contributed by atoms with E-state index in [-0.39, 0.29) is 0 Å². The van der Waals surface area contributed by atoms with Gasteiger partial charge in [0.25, 0.3) is 0 Å². The van der Waals surface area contributed by atoms with Crippen molar-refractivity contribution in [1.29, 1.82) is 0 Å². The number of hydrogen-bond acceptors (Lipinski definition) is 5. The molecular weight excluding hydrogens is 302 g/mol. The molecule has 1 saturated heterocycles. The molecular formula is C16H18F2N4O. The van der Waals surface area contributed by atoms with E-state index in [0.29, 0.717) is 23.6 Å². The van der Waals surface area contributed by atoms with Gasteiger partial charge >= 0.3 is 0 Å². The number of hydrazone groups is 1. The van der Waals surface area contributed by atoms with Gasteiger partial charge in [0.15, 0.2) is 17.4 Å². The Bertz CT molecular complexity index is 693. The molecule has 122 valence electrons. The van der Waals surface area contributed by atoms with Crippen LogP contribution in [0.5, 0.6) is 0 Å². The highest BCUT2D eigenvalue weighted by molar-refractivity contribution is 5.58. The van der Waals surface area contributed by atoms with Crippen molar-refractivity contribution in [2.75, 3.05) is 26.2 Å². The lowest BCUT2D eigenvalue weighted by molar-refractivity contribution is 0.122. The van der Waals surface area contributed by atoms with Crippen LogP contribution in [0.2, 0.25) is 0 Å². The third-order valence-corrected chi connectivity index (χ3v) is 3.78. The SMILES string of the molecule is C/C=N/N1CCN(Cc2cc(-c3ccc(F)c(F)c3)no2)CC1. The number of rotatable bonds is 4. The summed E-state index contributed by atoms with van der Waals surface area (Å²) < 4.78 is 31.6. The van der Waals surface area contributed by atoms with Crippen LogP contribution in [0.4, 0.5) is 8.78 Å². The fraction of sp³-hybridized carbons (Fsp3) is 0.375. The van der Waals surface area contributed by atoms with Crippen LogP contribution in [0.3, 0.4) is 0 Å². The summed E-state index contributed by atoms with van der Waals surface area (Å²) in [4.78, 5) is 2.25. The second-order valence-electron chi connectivity index (χ2n) is 5.41. The molecule has 2 heterocycles. The Morgan fingerprint density at radius 3 is 2.65 bits per heavy atom. The predicted molar refractivity (Wildman–Crippen MR) is 82.9 cm³/mol. The van der Waals surface area contributed by atoms with E-state index in [0.717, 1.165) is 38.3 Å². The van der Waals surface area contributed by atoms with Gasteiger partial charge in [-0.3, -0.25) is 9.91 Å². The zero-order valence-corrected chi connectivity index (χ0v) is 12.9. The maximum atomic E-state index is 13.3. The van der Waals surface area contributed by atoms with Crippen molar-refractivity contribution >= 4 is 6.21 Å². The molecule has 0 atom stereocenters. The number of benzene rings is 1. The summed E-state index contributed by atoms with van der Waals surface area (Å²) in [7, 11) is 0. The van der Waals surface area contributed by atoms with Gasteiger partial charge < -0.3 is 4.52 Å². The van der Waals surface area contributed by atoms with Crippen LogP contribution in [0.1, 0.15) is 12.7 Å². The molecule has 0 spiro atoms. The van der Waals surface area contributed by atoms with Gasteiger partial charge in [0.1, 0.15) is 5.69 Å². The van der Waals surface area contributed by atoms with Gasteiger partial charge in [0.2, 0.25) is 0 Å². The highest BCUT2D eigenvalue weighted by atomic mass is 19.2. The summed E-state index contributed by atoms with van der Waals surface area (Å²) in [5.74, 6) is -1.05. The number of piperazine rings is 1. The maximum absolute atomic E-state index is 13.3. The lowest BCUT2D eigenvalue weighted by Crippen LogP contribution is -2.43. The molecule has 0 unspecified atom stereocenters. The van der Waals surface area contributed by atoms with Crippen molar-refractivity contribution in [3.8, 4) is 11.3 Å². The highest BCUT2D eigenvalue weighted by Crippen LogP contribution is 2.22. The van der Waals surface area contributed by atoms with Gasteiger partial charge in [-0.1, -0.05) is 5.16 Å². The van der Waals surface area contributed by atoms with Crippen LogP contribution >= 0.6 is 0 Å². The van der Waals surface area contributed by atoms with Gasteiger partial charge in [-0.25, -0.2) is 8.78 Å². The van der Waals surface area contributed by atoms with Crippen molar-refractivity contribution in [2.45, 2.75) is 13.5 Å². The molecule has 1 aliphatic rings. The molecule has 0 amide bonds. The van der Waals surface area contributed by atoms with E-state index in [1.807, 2.05) is 11.9 Å². The van der Waals surface area contributed by atoms with Gasteiger partial charge in [-0.2, -0.15) is 5.10 Å². The molecule has 3 rings (SSSR count). The van der Waals surface area contributed by atoms with Crippen LogP contribution in [0.25, 0.3) is 11.3 Å². The van der Waals surface area contributed by atoms with Crippen LogP contribution < -0.4 is 0 Å². The second-order valence-corrected chi connectivity index (χ2v) is 5.41. The molecule has 7 heteroatoms. The maximum Gasteiger partial charge on any atom is 0.159 e. The molecule has 23 heavy (non-hydrogen) atoms. The van der Waals surface area contributed by atoms with Crippen LogP contribution in [0.15, 0.2) is 33.9 Å². The lowest BCUT2D eigenvalue weighted by Gasteiger charge is -2.32. The summed E-state index contributed by atoms with van der Waals surface area (Å²) in [5, 5.41) is 10.2. The minimum Gasteiger partial charge on any atom is -0.359 e. The molecule has 5 nitrogen and oxygen atoms in total. The summed E-state index contributed by atoms with van der Waals surface area (Å²) in [6, 6.07) is 5.47. The van der Waals surface area contributed by atoms with E-state index in [2.05, 4.69) is 15.2 Å². The quantitative estimate of drug-likeness (QED) is 0.813. The highest BCUT2D eigenvalue weighted by Gasteiger charge is 2.17. The Morgan fingerprint density at radius 1 is 1.17 bits per heavy atom. The van der Waals surface area contributed by atoms with Gasteiger partial charge in [0, 0.05) is 44.0 Å². The van der Waals surface area contributed by atoms with Crippen molar-refractivity contribution < 1.29 is 13.3 Å². The van der Waals surface area contributed by atoms with Gasteiger partial charge in [-0.05, 0) is 25.1 Å². The van der Waals surface area contributed by atoms with E-state index < -0.39 is 11.6 Å². The number of halogens is 2. The Morgan fingerprint density at radius 2 is 1.96 bits per heavy atom. The number of aromatic nitrogens is 1. The summed E-state index contributed by atoms with van der Waals surface area (Å²) in [6.45, 7) is 6.06. The fourth-order valence-corrected chi connectivity index (χ4v) is 2.57. The minimum absolute atomic E-state index is 0.501. The molecule has 0 N–H and O–H groups in total. The first-order chi connectivity index (χ1) is 11.2. The first-order valence-electron chi connectivity index (χ1n) is 7.52. The monoisotopic (exact) mass is 320 g/mol. The molecule has 0 aliphatic carbocycles. The predicted octanol–water partition coefficient (Wildman–Crippen LogP) is 2.74. The normalized spacial score (nSPS) is 16.4. The topological polar surface area (TPSA) is 44.9 Å². The van der Waals surface area contributed by atoms with E-state index in [1.165, 1.54) is 6.07 Å². The average Bonchev–Trinajstić information content (AvgIpc) is 3.01. The molecule has 2 aromatic rings. The summed E-state index contributed by atoms with van der Waals surface area (Å²) >= 11 is 0. The molecule has 0 radical (unpaired) electrons. The lowest BCUT2D eigenvalue weighted by atomic mass is 10.1. The second kappa shape index (κ2) is 6.87. The summed E-state index contributed by atoms with van der Waals surface area (Å²) in [6.07, 6.45) is 1.79. The largest absolute Gasteiger partial charge is 0.359 e. The molecule has 0 saturated carbocycles. The number of nitrogens with zero attached hydrogens (tertiary/aromatic N) is 4. The molecule has 1 fully saturated rings. The first-order valence-corrected chi connectivity index (χ1v) is 7.52. The Kier molecular flexibility index (Phi) is 4.66.